The van der Waals surface area contributed by atoms with Crippen LogP contribution in [0.15, 0.2) is 135 Å². The Kier molecular flexibility index (Phi) is 6.54. The van der Waals surface area contributed by atoms with Crippen LogP contribution < -0.4 is 9.47 Å². The topological polar surface area (TPSA) is 114 Å². The zero-order valence-corrected chi connectivity index (χ0v) is 23.6. The van der Waals surface area contributed by atoms with E-state index in [1.807, 2.05) is 89.5 Å². The zero-order chi connectivity index (χ0) is 30.0. The van der Waals surface area contributed by atoms with Gasteiger partial charge in [-0.1, -0.05) is 24.3 Å². The Morgan fingerprint density at radius 2 is 0.911 bits per heavy atom. The van der Waals surface area contributed by atoms with E-state index in [-0.39, 0.29) is 0 Å². The number of benzene rings is 4. The predicted molar refractivity (Wildman–Crippen MR) is 169 cm³/mol. The van der Waals surface area contributed by atoms with Crippen molar-refractivity contribution in [3.8, 4) is 51.7 Å². The van der Waals surface area contributed by atoms with Crippen molar-refractivity contribution in [1.82, 2.24) is 39.5 Å². The first kappa shape index (κ1) is 26.1. The Morgan fingerprint density at radius 3 is 1.40 bits per heavy atom. The minimum Gasteiger partial charge on any atom is -0.457 e. The van der Waals surface area contributed by atoms with Crippen molar-refractivity contribution in [2.45, 2.75) is 0 Å². The van der Waals surface area contributed by atoms with E-state index in [9.17, 15) is 0 Å². The molecule has 0 atom stereocenters. The van der Waals surface area contributed by atoms with Gasteiger partial charge in [-0.25, -0.2) is 34.9 Å². The number of hydrogen-bond donors (Lipinski definition) is 0. The highest BCUT2D eigenvalue weighted by Crippen LogP contribution is 2.37. The summed E-state index contributed by atoms with van der Waals surface area (Å²) in [5.41, 5.74) is 3.47. The number of nitrogens with zero attached hydrogens (tertiary/aromatic N) is 8. The molecule has 0 aliphatic heterocycles. The fourth-order valence-electron chi connectivity index (χ4n) is 5.24. The summed E-state index contributed by atoms with van der Waals surface area (Å²) in [6.07, 6.45) is 9.84. The van der Waals surface area contributed by atoms with Gasteiger partial charge >= 0.3 is 0 Å². The summed E-state index contributed by atoms with van der Waals surface area (Å²) >= 11 is 0. The van der Waals surface area contributed by atoms with Gasteiger partial charge in [0.25, 0.3) is 0 Å². The maximum atomic E-state index is 6.33. The molecule has 0 N–H and O–H groups in total. The summed E-state index contributed by atoms with van der Waals surface area (Å²) in [6.45, 7) is 0. The molecule has 10 nitrogen and oxygen atoms in total. The van der Waals surface area contributed by atoms with Crippen molar-refractivity contribution in [2.24, 2.45) is 0 Å². The zero-order valence-electron chi connectivity index (χ0n) is 23.6. The van der Waals surface area contributed by atoms with Gasteiger partial charge in [-0.15, -0.1) is 0 Å². The minimum atomic E-state index is 0.478. The normalized spacial score (nSPS) is 11.1. The molecule has 10 heteroatoms. The van der Waals surface area contributed by atoms with E-state index < -0.39 is 0 Å². The Bertz CT molecular complexity index is 2140. The van der Waals surface area contributed by atoms with Crippen LogP contribution in [-0.4, -0.2) is 39.5 Å². The summed E-state index contributed by atoms with van der Waals surface area (Å²) in [4.78, 5) is 30.4. The quantitative estimate of drug-likeness (QED) is 0.188. The van der Waals surface area contributed by atoms with Gasteiger partial charge in [0.1, 0.15) is 35.7 Å². The van der Waals surface area contributed by atoms with Crippen LogP contribution in [0.2, 0.25) is 0 Å². The molecule has 0 unspecified atom stereocenters. The highest BCUT2D eigenvalue weighted by molar-refractivity contribution is 6.09. The molecule has 45 heavy (non-hydrogen) atoms. The second-order valence-corrected chi connectivity index (χ2v) is 10.0. The highest BCUT2D eigenvalue weighted by atomic mass is 16.5. The SMILES string of the molecule is c1cnc(-c2cccc(Oc3ccc4c5ccc(Oc6cccc(-c7ncccn7)c6)cc5n(-c5ncncn5)c4c3)c2)nc1. The van der Waals surface area contributed by atoms with Crippen molar-refractivity contribution in [3.05, 3.63) is 135 Å². The van der Waals surface area contributed by atoms with Crippen LogP contribution in [0, 0.1) is 0 Å². The molecule has 0 radical (unpaired) electrons. The molecule has 0 saturated heterocycles. The van der Waals surface area contributed by atoms with Crippen LogP contribution in [0.5, 0.6) is 23.0 Å². The van der Waals surface area contributed by atoms with E-state index in [4.69, 9.17) is 9.47 Å². The molecule has 214 valence electrons. The van der Waals surface area contributed by atoms with E-state index in [1.165, 1.54) is 12.7 Å². The van der Waals surface area contributed by atoms with Crippen molar-refractivity contribution in [3.63, 3.8) is 0 Å². The van der Waals surface area contributed by atoms with Gasteiger partial charge in [-0.2, -0.15) is 0 Å². The predicted octanol–water partition coefficient (Wildman–Crippen LogP) is 7.47. The Balaban J connectivity index is 1.19. The molecule has 0 saturated carbocycles. The summed E-state index contributed by atoms with van der Waals surface area (Å²) in [5, 5.41) is 2.03. The average Bonchev–Trinajstić information content (AvgIpc) is 3.42. The number of rotatable bonds is 7. The number of aromatic nitrogens is 8. The van der Waals surface area contributed by atoms with Crippen LogP contribution in [0.3, 0.4) is 0 Å². The van der Waals surface area contributed by atoms with E-state index in [0.29, 0.717) is 40.6 Å². The summed E-state index contributed by atoms with van der Waals surface area (Å²) < 4.78 is 14.6. The molecule has 4 heterocycles. The average molecular weight is 587 g/mol. The summed E-state index contributed by atoms with van der Waals surface area (Å²) in [6, 6.07) is 30.9. The maximum absolute atomic E-state index is 6.33. The molecule has 4 aromatic heterocycles. The van der Waals surface area contributed by atoms with Crippen LogP contribution in [0.1, 0.15) is 0 Å². The monoisotopic (exact) mass is 586 g/mol. The van der Waals surface area contributed by atoms with Gasteiger partial charge < -0.3 is 9.47 Å². The Hall–Kier alpha value is -6.55. The molecule has 4 aromatic carbocycles. The lowest BCUT2D eigenvalue weighted by Gasteiger charge is -2.10. The molecule has 8 aromatic rings. The van der Waals surface area contributed by atoms with Gasteiger partial charge in [-0.05, 0) is 60.7 Å². The Morgan fingerprint density at radius 1 is 0.444 bits per heavy atom. The highest BCUT2D eigenvalue weighted by Gasteiger charge is 2.17. The molecule has 0 spiro atoms. The summed E-state index contributed by atoms with van der Waals surface area (Å²) in [7, 11) is 0. The first-order valence-corrected chi connectivity index (χ1v) is 14.1. The third-order valence-electron chi connectivity index (χ3n) is 7.18. The van der Waals surface area contributed by atoms with Crippen LogP contribution in [0.4, 0.5) is 0 Å². The van der Waals surface area contributed by atoms with Crippen molar-refractivity contribution in [1.29, 1.82) is 0 Å². The standard InChI is InChI=1S/C35H22N8O2/c1-5-23(33-37-13-3-14-38-33)17-25(7-1)44-27-9-11-29-30-12-10-28(20-32(30)43(31(29)19-27)35-41-21-36-22-42-35)45-26-8-2-6-24(18-26)34-39-15-4-16-40-34/h1-22H. The van der Waals surface area contributed by atoms with E-state index in [1.54, 1.807) is 36.9 Å². The molecule has 0 fully saturated rings. The van der Waals surface area contributed by atoms with Crippen LogP contribution >= 0.6 is 0 Å². The van der Waals surface area contributed by atoms with E-state index >= 15 is 0 Å². The van der Waals surface area contributed by atoms with Gasteiger partial charge in [0, 0.05) is 58.8 Å². The molecule has 0 amide bonds. The van der Waals surface area contributed by atoms with Crippen molar-refractivity contribution in [2.75, 3.05) is 0 Å². The summed E-state index contributed by atoms with van der Waals surface area (Å²) in [5.74, 6) is 4.39. The largest absolute Gasteiger partial charge is 0.457 e. The first-order chi connectivity index (χ1) is 22.3. The number of ether oxygens (including phenoxy) is 2. The van der Waals surface area contributed by atoms with Crippen LogP contribution in [-0.2, 0) is 0 Å². The molecular weight excluding hydrogens is 564 g/mol. The molecule has 0 aliphatic rings. The van der Waals surface area contributed by atoms with Crippen molar-refractivity contribution >= 4 is 21.8 Å². The van der Waals surface area contributed by atoms with Gasteiger partial charge in [0.15, 0.2) is 11.6 Å². The fraction of sp³-hybridized carbons (Fsp3) is 0. The smallest absolute Gasteiger partial charge is 0.237 e. The third kappa shape index (κ3) is 5.17. The fourth-order valence-corrected chi connectivity index (χ4v) is 5.24. The van der Waals surface area contributed by atoms with E-state index in [2.05, 4.69) is 34.9 Å². The van der Waals surface area contributed by atoms with Crippen LogP contribution in [0.25, 0.3) is 50.5 Å². The Labute approximate surface area is 256 Å². The second kappa shape index (κ2) is 11.3. The van der Waals surface area contributed by atoms with Gasteiger partial charge in [0.2, 0.25) is 5.95 Å². The lowest BCUT2D eigenvalue weighted by Crippen LogP contribution is -2.01. The van der Waals surface area contributed by atoms with E-state index in [0.717, 1.165) is 32.9 Å². The number of fused-ring (bicyclic) bond motifs is 3. The van der Waals surface area contributed by atoms with Gasteiger partial charge in [0.05, 0.1) is 11.0 Å². The number of hydrogen-bond acceptors (Lipinski definition) is 9. The molecular formula is C35H22N8O2. The third-order valence-corrected chi connectivity index (χ3v) is 7.18. The minimum absolute atomic E-state index is 0.478. The molecule has 0 aliphatic carbocycles. The lowest BCUT2D eigenvalue weighted by atomic mass is 10.1. The van der Waals surface area contributed by atoms with Crippen molar-refractivity contribution < 1.29 is 9.47 Å². The maximum Gasteiger partial charge on any atom is 0.237 e. The first-order valence-electron chi connectivity index (χ1n) is 14.1. The lowest BCUT2D eigenvalue weighted by molar-refractivity contribution is 0.483. The second-order valence-electron chi connectivity index (χ2n) is 10.0. The molecule has 8 rings (SSSR count). The molecule has 0 bridgehead atoms. The van der Waals surface area contributed by atoms with Gasteiger partial charge in [-0.3, -0.25) is 4.57 Å².